The number of benzene rings is 2. The molecule has 7 heteroatoms. The number of hydrogen-bond acceptors (Lipinski definition) is 3. The molecule has 1 atom stereocenters. The van der Waals surface area contributed by atoms with Crippen LogP contribution in [0.2, 0.25) is 0 Å². The molecular weight excluding hydrogens is 398 g/mol. The molecule has 3 aromatic rings. The molecular formula is C23H27N3O3S. The maximum Gasteiger partial charge on any atom is 0.251 e. The summed E-state index contributed by atoms with van der Waals surface area (Å²) in [5.41, 5.74) is 2.70. The smallest absolute Gasteiger partial charge is 0.251 e. The number of aromatic amines is 1. The Morgan fingerprint density at radius 3 is 2.67 bits per heavy atom. The zero-order valence-electron chi connectivity index (χ0n) is 17.1. The first-order chi connectivity index (χ1) is 14.5. The number of H-pyrrole nitrogens is 1. The second-order valence-electron chi connectivity index (χ2n) is 7.85. The minimum Gasteiger partial charge on any atom is -0.361 e. The second-order valence-corrected chi connectivity index (χ2v) is 9.74. The lowest BCUT2D eigenvalue weighted by atomic mass is 10.1. The molecule has 1 amide bonds. The predicted octanol–water partition coefficient (Wildman–Crippen LogP) is 3.70. The van der Waals surface area contributed by atoms with Crippen molar-refractivity contribution in [2.75, 3.05) is 13.1 Å². The van der Waals surface area contributed by atoms with Crippen LogP contribution in [0.4, 0.5) is 0 Å². The molecule has 2 heterocycles. The van der Waals surface area contributed by atoms with Crippen molar-refractivity contribution in [3.63, 3.8) is 0 Å². The Labute approximate surface area is 177 Å². The summed E-state index contributed by atoms with van der Waals surface area (Å²) in [7, 11) is -3.52. The van der Waals surface area contributed by atoms with Gasteiger partial charge in [0, 0.05) is 41.8 Å². The van der Waals surface area contributed by atoms with Crippen molar-refractivity contribution in [1.82, 2.24) is 14.6 Å². The number of fused-ring (bicyclic) bond motifs is 1. The zero-order valence-corrected chi connectivity index (χ0v) is 17.9. The van der Waals surface area contributed by atoms with Gasteiger partial charge < -0.3 is 10.3 Å². The van der Waals surface area contributed by atoms with Crippen LogP contribution in [0, 0.1) is 0 Å². The normalized spacial score (nSPS) is 17.8. The summed E-state index contributed by atoms with van der Waals surface area (Å²) in [4.78, 5) is 15.9. The van der Waals surface area contributed by atoms with Gasteiger partial charge in [-0.1, -0.05) is 24.6 Å². The minimum atomic E-state index is -3.52. The summed E-state index contributed by atoms with van der Waals surface area (Å²) in [6, 6.07) is 14.3. The van der Waals surface area contributed by atoms with Crippen molar-refractivity contribution in [1.29, 1.82) is 0 Å². The number of carbonyl (C=O) groups excluding carboxylic acids is 1. The SMILES string of the molecule is CC1CCCCN1S(=O)(=O)c1ccc(C(=O)NCCc2c[nH]c3ccccc23)cc1. The second kappa shape index (κ2) is 8.62. The molecule has 0 spiro atoms. The van der Waals surface area contributed by atoms with Crippen LogP contribution >= 0.6 is 0 Å². The first-order valence-corrected chi connectivity index (χ1v) is 11.9. The van der Waals surface area contributed by atoms with Gasteiger partial charge in [-0.05, 0) is 62.1 Å². The molecule has 1 unspecified atom stereocenters. The van der Waals surface area contributed by atoms with Crippen molar-refractivity contribution < 1.29 is 13.2 Å². The highest BCUT2D eigenvalue weighted by Crippen LogP contribution is 2.25. The van der Waals surface area contributed by atoms with E-state index in [-0.39, 0.29) is 16.8 Å². The number of carbonyl (C=O) groups is 1. The lowest BCUT2D eigenvalue weighted by Crippen LogP contribution is -2.41. The molecule has 30 heavy (non-hydrogen) atoms. The molecule has 158 valence electrons. The van der Waals surface area contributed by atoms with Gasteiger partial charge >= 0.3 is 0 Å². The van der Waals surface area contributed by atoms with Gasteiger partial charge in [0.05, 0.1) is 4.90 Å². The van der Waals surface area contributed by atoms with E-state index in [1.807, 2.05) is 31.3 Å². The lowest BCUT2D eigenvalue weighted by Gasteiger charge is -2.32. The third kappa shape index (κ3) is 4.13. The van der Waals surface area contributed by atoms with E-state index < -0.39 is 10.0 Å². The Bertz CT molecular complexity index is 1140. The number of para-hydroxylation sites is 1. The van der Waals surface area contributed by atoms with Gasteiger partial charge in [-0.25, -0.2) is 8.42 Å². The number of nitrogens with zero attached hydrogens (tertiary/aromatic N) is 1. The van der Waals surface area contributed by atoms with E-state index in [4.69, 9.17) is 0 Å². The third-order valence-corrected chi connectivity index (χ3v) is 7.85. The highest BCUT2D eigenvalue weighted by Gasteiger charge is 2.30. The third-order valence-electron chi connectivity index (χ3n) is 5.82. The highest BCUT2D eigenvalue weighted by molar-refractivity contribution is 7.89. The number of sulfonamides is 1. The van der Waals surface area contributed by atoms with Gasteiger partial charge in [0.1, 0.15) is 0 Å². The van der Waals surface area contributed by atoms with Crippen LogP contribution in [-0.4, -0.2) is 42.7 Å². The molecule has 0 aliphatic carbocycles. The average Bonchev–Trinajstić information content (AvgIpc) is 3.17. The van der Waals surface area contributed by atoms with Crippen LogP contribution in [0.5, 0.6) is 0 Å². The number of amides is 1. The van der Waals surface area contributed by atoms with E-state index in [1.165, 1.54) is 12.1 Å². The Morgan fingerprint density at radius 2 is 1.90 bits per heavy atom. The quantitative estimate of drug-likeness (QED) is 0.632. The van der Waals surface area contributed by atoms with E-state index >= 15 is 0 Å². The Morgan fingerprint density at radius 1 is 1.13 bits per heavy atom. The molecule has 0 saturated carbocycles. The topological polar surface area (TPSA) is 82.3 Å². The summed E-state index contributed by atoms with van der Waals surface area (Å²) >= 11 is 0. The van der Waals surface area contributed by atoms with Crippen molar-refractivity contribution in [2.45, 2.75) is 43.5 Å². The first-order valence-electron chi connectivity index (χ1n) is 10.4. The molecule has 1 saturated heterocycles. The number of nitrogens with one attached hydrogen (secondary N) is 2. The average molecular weight is 426 g/mol. The van der Waals surface area contributed by atoms with Gasteiger partial charge in [-0.3, -0.25) is 4.79 Å². The largest absolute Gasteiger partial charge is 0.361 e. The molecule has 2 N–H and O–H groups in total. The van der Waals surface area contributed by atoms with Crippen molar-refractivity contribution in [3.8, 4) is 0 Å². The van der Waals surface area contributed by atoms with Crippen molar-refractivity contribution in [2.24, 2.45) is 0 Å². The van der Waals surface area contributed by atoms with Crippen molar-refractivity contribution in [3.05, 3.63) is 65.9 Å². The van der Waals surface area contributed by atoms with Gasteiger partial charge in [0.15, 0.2) is 0 Å². The van der Waals surface area contributed by atoms with Gasteiger partial charge in [0.25, 0.3) is 5.91 Å². The van der Waals surface area contributed by atoms with Gasteiger partial charge in [-0.2, -0.15) is 4.31 Å². The molecule has 1 aliphatic heterocycles. The summed E-state index contributed by atoms with van der Waals surface area (Å²) < 4.78 is 27.4. The summed E-state index contributed by atoms with van der Waals surface area (Å²) in [6.07, 6.45) is 5.52. The maximum atomic E-state index is 12.9. The fourth-order valence-electron chi connectivity index (χ4n) is 4.09. The lowest BCUT2D eigenvalue weighted by molar-refractivity contribution is 0.0954. The van der Waals surface area contributed by atoms with Crippen LogP contribution in [0.15, 0.2) is 59.6 Å². The van der Waals surface area contributed by atoms with Crippen LogP contribution in [0.25, 0.3) is 10.9 Å². The predicted molar refractivity (Wildman–Crippen MR) is 118 cm³/mol. The van der Waals surface area contributed by atoms with E-state index in [0.29, 0.717) is 18.7 Å². The fourth-order valence-corrected chi connectivity index (χ4v) is 5.79. The molecule has 6 nitrogen and oxygen atoms in total. The fraction of sp³-hybridized carbons (Fsp3) is 0.348. The molecule has 0 radical (unpaired) electrons. The van der Waals surface area contributed by atoms with E-state index in [0.717, 1.165) is 42.1 Å². The zero-order chi connectivity index (χ0) is 21.1. The van der Waals surface area contributed by atoms with Crippen LogP contribution in [0.1, 0.15) is 42.1 Å². The highest BCUT2D eigenvalue weighted by atomic mass is 32.2. The van der Waals surface area contributed by atoms with Crippen LogP contribution in [-0.2, 0) is 16.4 Å². The standard InChI is InChI=1S/C23H27N3O3S/c1-17-6-4-5-15-26(17)30(28,29)20-11-9-18(10-12-20)23(27)24-14-13-19-16-25-22-8-3-2-7-21(19)22/h2-3,7-12,16-17,25H,4-6,13-15H2,1H3,(H,24,27). The van der Waals surface area contributed by atoms with Gasteiger partial charge in [-0.15, -0.1) is 0 Å². The monoisotopic (exact) mass is 425 g/mol. The van der Waals surface area contributed by atoms with E-state index in [2.05, 4.69) is 16.4 Å². The molecule has 4 rings (SSSR count). The Kier molecular flexibility index (Phi) is 5.92. The summed E-state index contributed by atoms with van der Waals surface area (Å²) in [5.74, 6) is -0.204. The molecule has 0 bridgehead atoms. The maximum absolute atomic E-state index is 12.9. The number of piperidine rings is 1. The molecule has 1 fully saturated rings. The van der Waals surface area contributed by atoms with Crippen LogP contribution in [0.3, 0.4) is 0 Å². The van der Waals surface area contributed by atoms with E-state index in [9.17, 15) is 13.2 Å². The number of rotatable bonds is 6. The number of aromatic nitrogens is 1. The molecule has 1 aliphatic rings. The summed E-state index contributed by atoms with van der Waals surface area (Å²) in [6.45, 7) is 3.01. The minimum absolute atomic E-state index is 0.0104. The first kappa shape index (κ1) is 20.6. The van der Waals surface area contributed by atoms with Crippen molar-refractivity contribution >= 4 is 26.8 Å². The molecule has 2 aromatic carbocycles. The Hall–Kier alpha value is -2.64. The number of hydrogen-bond donors (Lipinski definition) is 2. The van der Waals surface area contributed by atoms with Crippen LogP contribution < -0.4 is 5.32 Å². The van der Waals surface area contributed by atoms with Gasteiger partial charge in [0.2, 0.25) is 10.0 Å². The van der Waals surface area contributed by atoms with E-state index in [1.54, 1.807) is 16.4 Å². The summed E-state index contributed by atoms with van der Waals surface area (Å²) in [5, 5.41) is 4.08. The molecule has 1 aromatic heterocycles. The Balaban J connectivity index is 1.38.